The highest BCUT2D eigenvalue weighted by Crippen LogP contribution is 2.27. The van der Waals surface area contributed by atoms with Crippen LogP contribution in [0.25, 0.3) is 5.69 Å². The molecule has 1 aromatic heterocycles. The standard InChI is InChI=1S/C27H32ClN7O4/c1-27(2,3)21-14-22(32-26(39)31-19-11-9-18(28)10-12-19)35(33-21)20-8-6-7-17(13-20)25(38)34(15-23(36)29-4)16-24(37)30-5/h6-14H,15-16H2,1-5H3,(H,29,36)(H,30,37)(H2,31,32,39). The quantitative estimate of drug-likeness (QED) is 0.339. The molecule has 3 rings (SSSR count). The average Bonchev–Trinajstić information content (AvgIpc) is 3.33. The van der Waals surface area contributed by atoms with Crippen LogP contribution in [0.5, 0.6) is 0 Å². The van der Waals surface area contributed by atoms with E-state index < -0.39 is 23.8 Å². The third kappa shape index (κ3) is 7.81. The molecule has 0 aliphatic rings. The van der Waals surface area contributed by atoms with Crippen molar-refractivity contribution in [2.24, 2.45) is 0 Å². The van der Waals surface area contributed by atoms with Gasteiger partial charge in [0.25, 0.3) is 5.91 Å². The first-order chi connectivity index (χ1) is 18.4. The maximum atomic E-state index is 13.3. The molecular weight excluding hydrogens is 522 g/mol. The van der Waals surface area contributed by atoms with E-state index in [0.29, 0.717) is 27.9 Å². The maximum Gasteiger partial charge on any atom is 0.324 e. The molecule has 0 radical (unpaired) electrons. The second-order valence-corrected chi connectivity index (χ2v) is 10.2. The molecular formula is C27H32ClN7O4. The molecule has 3 aromatic rings. The molecule has 0 aliphatic heterocycles. The Morgan fingerprint density at radius 3 is 2.08 bits per heavy atom. The summed E-state index contributed by atoms with van der Waals surface area (Å²) in [6, 6.07) is 14.5. The van der Waals surface area contributed by atoms with Gasteiger partial charge in [0.2, 0.25) is 11.8 Å². The topological polar surface area (TPSA) is 137 Å². The fraction of sp³-hybridized carbons (Fsp3) is 0.296. The summed E-state index contributed by atoms with van der Waals surface area (Å²) in [5, 5.41) is 15.7. The largest absolute Gasteiger partial charge is 0.358 e. The van der Waals surface area contributed by atoms with E-state index >= 15 is 0 Å². The number of likely N-dealkylation sites (N-methyl/N-ethyl adjacent to an activating group) is 2. The van der Waals surface area contributed by atoms with Crippen molar-refractivity contribution in [3.05, 3.63) is 70.9 Å². The van der Waals surface area contributed by atoms with Gasteiger partial charge in [-0.15, -0.1) is 0 Å². The average molecular weight is 554 g/mol. The number of hydrogen-bond acceptors (Lipinski definition) is 5. The summed E-state index contributed by atoms with van der Waals surface area (Å²) in [5.41, 5.74) is 1.67. The number of anilines is 2. The Kier molecular flexibility index (Phi) is 9.31. The van der Waals surface area contributed by atoms with Crippen LogP contribution in [0.4, 0.5) is 16.3 Å². The lowest BCUT2D eigenvalue weighted by atomic mass is 9.92. The Bertz CT molecular complexity index is 1350. The van der Waals surface area contributed by atoms with E-state index in [9.17, 15) is 19.2 Å². The van der Waals surface area contributed by atoms with Crippen LogP contribution in [0.15, 0.2) is 54.6 Å². The molecule has 0 spiro atoms. The molecule has 11 nitrogen and oxygen atoms in total. The molecule has 2 aromatic carbocycles. The lowest BCUT2D eigenvalue weighted by molar-refractivity contribution is -0.123. The molecule has 0 saturated heterocycles. The summed E-state index contributed by atoms with van der Waals surface area (Å²) >= 11 is 5.92. The highest BCUT2D eigenvalue weighted by molar-refractivity contribution is 6.30. The van der Waals surface area contributed by atoms with Crippen LogP contribution in [-0.4, -0.2) is 65.6 Å². The third-order valence-corrected chi connectivity index (χ3v) is 5.92. The Morgan fingerprint density at radius 1 is 0.897 bits per heavy atom. The van der Waals surface area contributed by atoms with E-state index in [-0.39, 0.29) is 24.1 Å². The number of urea groups is 1. The number of aromatic nitrogens is 2. The number of amides is 5. The van der Waals surface area contributed by atoms with Crippen LogP contribution in [0, 0.1) is 0 Å². The SMILES string of the molecule is CNC(=O)CN(CC(=O)NC)C(=O)c1cccc(-n2nc(C(C)(C)C)cc2NC(=O)Nc2ccc(Cl)cc2)c1. The van der Waals surface area contributed by atoms with Gasteiger partial charge in [0.15, 0.2) is 0 Å². The fourth-order valence-corrected chi connectivity index (χ4v) is 3.63. The lowest BCUT2D eigenvalue weighted by Crippen LogP contribution is -2.44. The summed E-state index contributed by atoms with van der Waals surface area (Å²) in [6.07, 6.45) is 0. The number of benzene rings is 2. The van der Waals surface area contributed by atoms with Crippen molar-refractivity contribution in [3.63, 3.8) is 0 Å². The van der Waals surface area contributed by atoms with Gasteiger partial charge in [0.05, 0.1) is 11.4 Å². The zero-order valence-electron chi connectivity index (χ0n) is 22.5. The summed E-state index contributed by atoms with van der Waals surface area (Å²) in [6.45, 7) is 5.40. The minimum absolute atomic E-state index is 0.240. The molecule has 0 saturated carbocycles. The van der Waals surface area contributed by atoms with E-state index in [4.69, 9.17) is 16.7 Å². The first-order valence-electron chi connectivity index (χ1n) is 12.2. The Hall–Kier alpha value is -4.38. The molecule has 5 amide bonds. The molecule has 0 fully saturated rings. The van der Waals surface area contributed by atoms with Crippen molar-refractivity contribution in [2.45, 2.75) is 26.2 Å². The highest BCUT2D eigenvalue weighted by Gasteiger charge is 2.24. The molecule has 4 N–H and O–H groups in total. The van der Waals surface area contributed by atoms with Crippen LogP contribution in [-0.2, 0) is 15.0 Å². The zero-order chi connectivity index (χ0) is 28.7. The van der Waals surface area contributed by atoms with E-state index in [0.717, 1.165) is 4.90 Å². The van der Waals surface area contributed by atoms with Gasteiger partial charge >= 0.3 is 6.03 Å². The highest BCUT2D eigenvalue weighted by atomic mass is 35.5. The summed E-state index contributed by atoms with van der Waals surface area (Å²) < 4.78 is 1.53. The van der Waals surface area contributed by atoms with Gasteiger partial charge in [-0.2, -0.15) is 5.10 Å². The van der Waals surface area contributed by atoms with Gasteiger partial charge in [-0.25, -0.2) is 9.48 Å². The van der Waals surface area contributed by atoms with Crippen molar-refractivity contribution < 1.29 is 19.2 Å². The molecule has 206 valence electrons. The Balaban J connectivity index is 1.94. The first-order valence-corrected chi connectivity index (χ1v) is 12.5. The van der Waals surface area contributed by atoms with Crippen molar-refractivity contribution in [1.82, 2.24) is 25.3 Å². The molecule has 0 unspecified atom stereocenters. The van der Waals surface area contributed by atoms with Crippen molar-refractivity contribution in [2.75, 3.05) is 37.8 Å². The number of hydrogen-bond donors (Lipinski definition) is 4. The number of nitrogens with one attached hydrogen (secondary N) is 4. The molecule has 0 atom stereocenters. The summed E-state index contributed by atoms with van der Waals surface area (Å²) in [7, 11) is 2.90. The van der Waals surface area contributed by atoms with Crippen LogP contribution in [0.2, 0.25) is 5.02 Å². The van der Waals surface area contributed by atoms with Crippen LogP contribution in [0.3, 0.4) is 0 Å². The smallest absolute Gasteiger partial charge is 0.324 e. The third-order valence-electron chi connectivity index (χ3n) is 5.67. The van der Waals surface area contributed by atoms with E-state index in [1.54, 1.807) is 54.6 Å². The summed E-state index contributed by atoms with van der Waals surface area (Å²) in [4.78, 5) is 51.3. The van der Waals surface area contributed by atoms with Crippen molar-refractivity contribution in [3.8, 4) is 5.69 Å². The van der Waals surface area contributed by atoms with Gasteiger partial charge in [-0.3, -0.25) is 19.7 Å². The maximum absolute atomic E-state index is 13.3. The molecule has 39 heavy (non-hydrogen) atoms. The molecule has 0 bridgehead atoms. The Morgan fingerprint density at radius 2 is 1.51 bits per heavy atom. The predicted octanol–water partition coefficient (Wildman–Crippen LogP) is 3.40. The van der Waals surface area contributed by atoms with Gasteiger partial charge in [0.1, 0.15) is 18.9 Å². The number of carbonyl (C=O) groups is 4. The zero-order valence-corrected chi connectivity index (χ0v) is 23.2. The summed E-state index contributed by atoms with van der Waals surface area (Å²) in [5.74, 6) is -0.960. The fourth-order valence-electron chi connectivity index (χ4n) is 3.50. The van der Waals surface area contributed by atoms with Crippen LogP contribution in [0.1, 0.15) is 36.8 Å². The minimum atomic E-state index is -0.512. The normalized spacial score (nSPS) is 10.9. The second kappa shape index (κ2) is 12.4. The van der Waals surface area contributed by atoms with Crippen molar-refractivity contribution >= 4 is 46.9 Å². The van der Waals surface area contributed by atoms with Crippen molar-refractivity contribution in [1.29, 1.82) is 0 Å². The Labute approximate surface area is 231 Å². The van der Waals surface area contributed by atoms with Crippen LogP contribution >= 0.6 is 11.6 Å². The van der Waals surface area contributed by atoms with E-state index in [1.807, 2.05) is 20.8 Å². The molecule has 0 aliphatic carbocycles. The molecule has 1 heterocycles. The van der Waals surface area contributed by atoms with E-state index in [2.05, 4.69) is 21.3 Å². The van der Waals surface area contributed by atoms with E-state index in [1.165, 1.54) is 18.8 Å². The van der Waals surface area contributed by atoms with Gasteiger partial charge < -0.3 is 20.9 Å². The predicted molar refractivity (Wildman–Crippen MR) is 150 cm³/mol. The number of rotatable bonds is 8. The first kappa shape index (κ1) is 29.2. The second-order valence-electron chi connectivity index (χ2n) is 9.72. The number of carbonyl (C=O) groups excluding carboxylic acids is 4. The number of halogens is 1. The molecule has 12 heteroatoms. The van der Waals surface area contributed by atoms with Gasteiger partial charge in [0, 0.05) is 41.9 Å². The monoisotopic (exact) mass is 553 g/mol. The number of nitrogens with zero attached hydrogens (tertiary/aromatic N) is 3. The van der Waals surface area contributed by atoms with Crippen LogP contribution < -0.4 is 21.3 Å². The lowest BCUT2D eigenvalue weighted by Gasteiger charge is -2.21. The minimum Gasteiger partial charge on any atom is -0.358 e. The van der Waals surface area contributed by atoms with Gasteiger partial charge in [-0.1, -0.05) is 38.4 Å². The van der Waals surface area contributed by atoms with Gasteiger partial charge in [-0.05, 0) is 42.5 Å².